The Morgan fingerprint density at radius 1 is 0.944 bits per heavy atom. The molecule has 5 aromatic rings. The van der Waals surface area contributed by atoms with E-state index in [1.165, 1.54) is 12.0 Å². The topological polar surface area (TPSA) is 84.9 Å². The number of anilines is 1. The quantitative estimate of drug-likeness (QED) is 0.376. The van der Waals surface area contributed by atoms with Crippen LogP contribution in [-0.4, -0.2) is 50.6 Å². The van der Waals surface area contributed by atoms with Gasteiger partial charge >= 0.3 is 0 Å². The van der Waals surface area contributed by atoms with E-state index >= 15 is 0 Å². The predicted octanol–water partition coefficient (Wildman–Crippen LogP) is 4.53. The summed E-state index contributed by atoms with van der Waals surface area (Å²) in [5, 5.41) is 3.39. The number of nitrogens with two attached hydrogens (primary N) is 1. The van der Waals surface area contributed by atoms with Crippen LogP contribution in [0.25, 0.3) is 39.5 Å². The number of hydrogen-bond donors (Lipinski definition) is 2. The first-order valence-electron chi connectivity index (χ1n) is 12.3. The van der Waals surface area contributed by atoms with Crippen molar-refractivity contribution < 1.29 is 0 Å². The largest absolute Gasteiger partial charge is 0.383 e. The summed E-state index contributed by atoms with van der Waals surface area (Å²) in [6.07, 6.45) is 2.89. The maximum absolute atomic E-state index is 6.28. The van der Waals surface area contributed by atoms with Crippen LogP contribution in [0, 0.1) is 0 Å². The number of pyridine rings is 2. The van der Waals surface area contributed by atoms with Gasteiger partial charge in [-0.25, -0.2) is 15.0 Å². The summed E-state index contributed by atoms with van der Waals surface area (Å²) < 4.78 is 2.09. The molecule has 36 heavy (non-hydrogen) atoms. The van der Waals surface area contributed by atoms with E-state index in [2.05, 4.69) is 56.2 Å². The molecule has 1 aliphatic rings. The summed E-state index contributed by atoms with van der Waals surface area (Å²) in [5.74, 6) is 1.18. The fraction of sp³-hybridized carbons (Fsp3) is 0.207. The zero-order chi connectivity index (χ0) is 24.5. The molecule has 1 atom stereocenters. The van der Waals surface area contributed by atoms with Crippen LogP contribution in [0.4, 0.5) is 5.82 Å². The van der Waals surface area contributed by atoms with Crippen molar-refractivity contribution in [3.63, 3.8) is 0 Å². The molecule has 1 fully saturated rings. The molecule has 2 aromatic carbocycles. The average molecular weight is 476 g/mol. The van der Waals surface area contributed by atoms with Gasteiger partial charge in [-0.2, -0.15) is 0 Å². The van der Waals surface area contributed by atoms with Gasteiger partial charge in [-0.05, 0) is 55.4 Å². The summed E-state index contributed by atoms with van der Waals surface area (Å²) in [5.41, 5.74) is 12.9. The number of aromatic nitrogens is 4. The summed E-state index contributed by atoms with van der Waals surface area (Å²) in [7, 11) is 2.04. The Kier molecular flexibility index (Phi) is 5.93. The van der Waals surface area contributed by atoms with Crippen molar-refractivity contribution >= 4 is 17.0 Å². The lowest BCUT2D eigenvalue weighted by atomic mass is 10.1. The molecule has 1 aliphatic heterocycles. The number of nitrogens with one attached hydrogen (secondary N) is 1. The second kappa shape index (κ2) is 9.53. The first-order chi connectivity index (χ1) is 17.7. The Labute approximate surface area is 210 Å². The van der Waals surface area contributed by atoms with Gasteiger partial charge < -0.3 is 11.1 Å². The summed E-state index contributed by atoms with van der Waals surface area (Å²) in [6, 6.07) is 27.4. The number of nitrogen functional groups attached to an aromatic ring is 1. The highest BCUT2D eigenvalue weighted by Crippen LogP contribution is 2.32. The van der Waals surface area contributed by atoms with E-state index in [1.807, 2.05) is 49.5 Å². The normalized spacial score (nSPS) is 16.1. The summed E-state index contributed by atoms with van der Waals surface area (Å²) in [6.45, 7) is 3.15. The molecule has 6 rings (SSSR count). The van der Waals surface area contributed by atoms with E-state index in [-0.39, 0.29) is 0 Å². The lowest BCUT2D eigenvalue weighted by Crippen LogP contribution is -2.29. The van der Waals surface area contributed by atoms with Crippen LogP contribution in [0.15, 0.2) is 85.1 Å². The molecule has 7 heteroatoms. The van der Waals surface area contributed by atoms with E-state index in [0.717, 1.165) is 59.1 Å². The number of hydrogen-bond acceptors (Lipinski definition) is 6. The van der Waals surface area contributed by atoms with E-state index in [4.69, 9.17) is 15.7 Å². The van der Waals surface area contributed by atoms with Gasteiger partial charge in [-0.1, -0.05) is 42.5 Å². The average Bonchev–Trinajstić information content (AvgIpc) is 3.54. The molecule has 0 spiro atoms. The molecular weight excluding hydrogens is 446 g/mol. The van der Waals surface area contributed by atoms with Crippen LogP contribution >= 0.6 is 0 Å². The highest BCUT2D eigenvalue weighted by Gasteiger charge is 2.21. The predicted molar refractivity (Wildman–Crippen MR) is 145 cm³/mol. The molecule has 0 amide bonds. The smallest absolute Gasteiger partial charge is 0.165 e. The van der Waals surface area contributed by atoms with Gasteiger partial charge in [0.05, 0.1) is 11.3 Å². The standard InChI is InChI=1S/C29H29N7/c1-31-22-15-17-35(19-22)18-20-9-11-23(12-10-20)36-28(24-8-5-16-32-27(24)30)34-26-14-13-25(33-29(26)36)21-6-3-2-4-7-21/h2-14,16,22,31H,15,17-19H2,1H3,(H2,30,32). The van der Waals surface area contributed by atoms with Crippen LogP contribution in [0.2, 0.25) is 0 Å². The fourth-order valence-corrected chi connectivity index (χ4v) is 4.98. The number of benzene rings is 2. The zero-order valence-corrected chi connectivity index (χ0v) is 20.3. The Balaban J connectivity index is 1.43. The fourth-order valence-electron chi connectivity index (χ4n) is 4.98. The Bertz CT molecular complexity index is 1490. The molecule has 1 unspecified atom stereocenters. The molecule has 3 N–H and O–H groups in total. The number of nitrogens with zero attached hydrogens (tertiary/aromatic N) is 5. The minimum atomic E-state index is 0.446. The van der Waals surface area contributed by atoms with Crippen LogP contribution < -0.4 is 11.1 Å². The zero-order valence-electron chi connectivity index (χ0n) is 20.3. The van der Waals surface area contributed by atoms with Crippen LogP contribution in [-0.2, 0) is 6.54 Å². The lowest BCUT2D eigenvalue weighted by Gasteiger charge is -2.16. The monoisotopic (exact) mass is 475 g/mol. The first kappa shape index (κ1) is 22.4. The van der Waals surface area contributed by atoms with Gasteiger partial charge in [0.2, 0.25) is 0 Å². The lowest BCUT2D eigenvalue weighted by molar-refractivity contribution is 0.322. The van der Waals surface area contributed by atoms with Crippen molar-refractivity contribution in [2.45, 2.75) is 19.0 Å². The second-order valence-electron chi connectivity index (χ2n) is 9.29. The molecular formula is C29H29N7. The van der Waals surface area contributed by atoms with E-state index in [0.29, 0.717) is 11.9 Å². The molecule has 3 aromatic heterocycles. The Morgan fingerprint density at radius 3 is 2.53 bits per heavy atom. The van der Waals surface area contributed by atoms with Crippen molar-refractivity contribution in [2.24, 2.45) is 0 Å². The molecule has 0 bridgehead atoms. The number of fused-ring (bicyclic) bond motifs is 1. The van der Waals surface area contributed by atoms with Gasteiger partial charge in [0.25, 0.3) is 0 Å². The number of imidazole rings is 1. The highest BCUT2D eigenvalue weighted by molar-refractivity contribution is 5.84. The maximum Gasteiger partial charge on any atom is 0.165 e. The number of likely N-dealkylation sites (tertiary alicyclic amines) is 1. The van der Waals surface area contributed by atoms with Crippen LogP contribution in [0.1, 0.15) is 12.0 Å². The third-order valence-electron chi connectivity index (χ3n) is 6.93. The maximum atomic E-state index is 6.28. The summed E-state index contributed by atoms with van der Waals surface area (Å²) >= 11 is 0. The van der Waals surface area contributed by atoms with Crippen LogP contribution in [0.5, 0.6) is 0 Å². The van der Waals surface area contributed by atoms with E-state index in [9.17, 15) is 0 Å². The summed E-state index contributed by atoms with van der Waals surface area (Å²) in [4.78, 5) is 16.8. The van der Waals surface area contributed by atoms with Crippen molar-refractivity contribution in [2.75, 3.05) is 25.9 Å². The van der Waals surface area contributed by atoms with Crippen molar-refractivity contribution in [3.8, 4) is 28.3 Å². The minimum absolute atomic E-state index is 0.446. The molecule has 0 aliphatic carbocycles. The number of likely N-dealkylation sites (N-methyl/N-ethyl adjacent to an activating group) is 1. The Hall–Kier alpha value is -4.07. The van der Waals surface area contributed by atoms with E-state index < -0.39 is 0 Å². The van der Waals surface area contributed by atoms with Crippen LogP contribution in [0.3, 0.4) is 0 Å². The minimum Gasteiger partial charge on any atom is -0.383 e. The van der Waals surface area contributed by atoms with Crippen molar-refractivity contribution in [3.05, 3.63) is 90.6 Å². The van der Waals surface area contributed by atoms with Gasteiger partial charge in [-0.15, -0.1) is 0 Å². The van der Waals surface area contributed by atoms with Gasteiger partial charge in [0, 0.05) is 43.1 Å². The van der Waals surface area contributed by atoms with Crippen molar-refractivity contribution in [1.29, 1.82) is 0 Å². The highest BCUT2D eigenvalue weighted by atomic mass is 15.2. The third kappa shape index (κ3) is 4.23. The molecule has 7 nitrogen and oxygen atoms in total. The second-order valence-corrected chi connectivity index (χ2v) is 9.29. The SMILES string of the molecule is CNC1CCN(Cc2ccc(-n3c(-c4cccnc4N)nc4ccc(-c5ccccc5)nc43)cc2)C1. The van der Waals surface area contributed by atoms with Gasteiger partial charge in [0.15, 0.2) is 11.5 Å². The van der Waals surface area contributed by atoms with Crippen molar-refractivity contribution in [1.82, 2.24) is 29.7 Å². The van der Waals surface area contributed by atoms with Gasteiger partial charge in [-0.3, -0.25) is 9.47 Å². The number of rotatable bonds is 6. The third-order valence-corrected chi connectivity index (χ3v) is 6.93. The molecule has 1 saturated heterocycles. The molecule has 0 radical (unpaired) electrons. The molecule has 4 heterocycles. The molecule has 180 valence electrons. The van der Waals surface area contributed by atoms with E-state index in [1.54, 1.807) is 6.20 Å². The Morgan fingerprint density at radius 2 is 1.78 bits per heavy atom. The first-order valence-corrected chi connectivity index (χ1v) is 12.3. The molecule has 0 saturated carbocycles. The van der Waals surface area contributed by atoms with Gasteiger partial charge in [0.1, 0.15) is 11.3 Å².